The van der Waals surface area contributed by atoms with E-state index in [-0.39, 0.29) is 0 Å². The Kier molecular flexibility index (Phi) is 4.35. The van der Waals surface area contributed by atoms with Crippen LogP contribution in [0.15, 0.2) is 42.5 Å². The van der Waals surface area contributed by atoms with E-state index >= 15 is 0 Å². The number of imidazole rings is 1. The molecule has 3 rings (SSSR count). The summed E-state index contributed by atoms with van der Waals surface area (Å²) in [6, 6.07) is 14.1. The van der Waals surface area contributed by atoms with E-state index in [2.05, 4.69) is 24.9 Å². The molecule has 1 heterocycles. The van der Waals surface area contributed by atoms with Crippen LogP contribution in [0.3, 0.4) is 0 Å². The third-order valence-electron chi connectivity index (χ3n) is 3.84. The Morgan fingerprint density at radius 2 is 1.83 bits per heavy atom. The SMILES string of the molecule is Cc1cc(C)cc(OCCn2c(C(C)O)nc3ccccc32)c1. The quantitative estimate of drug-likeness (QED) is 0.780. The second kappa shape index (κ2) is 6.42. The van der Waals surface area contributed by atoms with Crippen molar-refractivity contribution in [2.45, 2.75) is 33.4 Å². The normalized spacial score (nSPS) is 12.5. The Balaban J connectivity index is 1.80. The Morgan fingerprint density at radius 1 is 1.13 bits per heavy atom. The molecular formula is C19H22N2O2. The van der Waals surface area contributed by atoms with Gasteiger partial charge in [-0.3, -0.25) is 0 Å². The van der Waals surface area contributed by atoms with Crippen molar-refractivity contribution in [1.82, 2.24) is 9.55 Å². The van der Waals surface area contributed by atoms with Gasteiger partial charge in [-0.15, -0.1) is 0 Å². The number of aryl methyl sites for hydroxylation is 2. The first-order chi connectivity index (χ1) is 11.0. The maximum Gasteiger partial charge on any atom is 0.138 e. The predicted octanol–water partition coefficient (Wildman–Crippen LogP) is 3.79. The molecule has 0 saturated heterocycles. The first kappa shape index (κ1) is 15.6. The third-order valence-corrected chi connectivity index (χ3v) is 3.84. The van der Waals surface area contributed by atoms with Crippen LogP contribution in [0.1, 0.15) is 30.0 Å². The van der Waals surface area contributed by atoms with Crippen molar-refractivity contribution in [2.24, 2.45) is 0 Å². The molecule has 0 fully saturated rings. The zero-order valence-corrected chi connectivity index (χ0v) is 13.8. The molecule has 0 bridgehead atoms. The van der Waals surface area contributed by atoms with E-state index in [9.17, 15) is 5.11 Å². The Hall–Kier alpha value is -2.33. The fraction of sp³-hybridized carbons (Fsp3) is 0.316. The van der Waals surface area contributed by atoms with E-state index in [1.54, 1.807) is 6.92 Å². The number of nitrogens with zero attached hydrogens (tertiary/aromatic N) is 2. The van der Waals surface area contributed by atoms with E-state index < -0.39 is 6.10 Å². The molecule has 1 N–H and O–H groups in total. The van der Waals surface area contributed by atoms with E-state index in [1.165, 1.54) is 11.1 Å². The summed E-state index contributed by atoms with van der Waals surface area (Å²) in [6.07, 6.45) is -0.608. The number of aliphatic hydroxyl groups is 1. The standard InChI is InChI=1S/C19H22N2O2/c1-13-10-14(2)12-16(11-13)23-9-8-21-18-7-5-4-6-17(18)20-19(21)15(3)22/h4-7,10-12,15,22H,8-9H2,1-3H3. The molecule has 0 spiro atoms. The second-order valence-corrected chi connectivity index (χ2v) is 5.96. The van der Waals surface area contributed by atoms with Crippen LogP contribution in [0.4, 0.5) is 0 Å². The van der Waals surface area contributed by atoms with Gasteiger partial charge in [0.2, 0.25) is 0 Å². The van der Waals surface area contributed by atoms with Crippen LogP contribution in [0, 0.1) is 13.8 Å². The number of ether oxygens (including phenoxy) is 1. The highest BCUT2D eigenvalue weighted by atomic mass is 16.5. The summed E-state index contributed by atoms with van der Waals surface area (Å²) in [5, 5.41) is 9.97. The number of hydrogen-bond acceptors (Lipinski definition) is 3. The lowest BCUT2D eigenvalue weighted by molar-refractivity contribution is 0.181. The van der Waals surface area contributed by atoms with Gasteiger partial charge in [0.1, 0.15) is 24.3 Å². The van der Waals surface area contributed by atoms with Crippen molar-refractivity contribution < 1.29 is 9.84 Å². The maximum atomic E-state index is 9.97. The lowest BCUT2D eigenvalue weighted by Gasteiger charge is -2.13. The molecule has 3 aromatic rings. The smallest absolute Gasteiger partial charge is 0.138 e. The summed E-state index contributed by atoms with van der Waals surface area (Å²) in [5.41, 5.74) is 4.30. The molecule has 0 aliphatic rings. The number of fused-ring (bicyclic) bond motifs is 1. The summed E-state index contributed by atoms with van der Waals surface area (Å²) in [4.78, 5) is 4.52. The average molecular weight is 310 g/mol. The molecule has 1 atom stereocenters. The fourth-order valence-corrected chi connectivity index (χ4v) is 2.92. The molecule has 1 unspecified atom stereocenters. The minimum absolute atomic E-state index is 0.531. The average Bonchev–Trinajstić information content (AvgIpc) is 2.86. The summed E-state index contributed by atoms with van der Waals surface area (Å²) in [6.45, 7) is 7.04. The van der Waals surface area contributed by atoms with Gasteiger partial charge in [0.15, 0.2) is 0 Å². The van der Waals surface area contributed by atoms with Gasteiger partial charge in [0.05, 0.1) is 17.6 Å². The summed E-state index contributed by atoms with van der Waals surface area (Å²) in [5.74, 6) is 1.56. The van der Waals surface area contributed by atoms with E-state index in [0.717, 1.165) is 16.8 Å². The van der Waals surface area contributed by atoms with Crippen LogP contribution in [0.2, 0.25) is 0 Å². The highest BCUT2D eigenvalue weighted by Crippen LogP contribution is 2.21. The molecule has 0 aliphatic heterocycles. The number of aromatic nitrogens is 2. The lowest BCUT2D eigenvalue weighted by atomic mass is 10.1. The molecular weight excluding hydrogens is 288 g/mol. The van der Waals surface area contributed by atoms with Crippen molar-refractivity contribution in [3.05, 3.63) is 59.4 Å². The van der Waals surface area contributed by atoms with Crippen LogP contribution in [0.25, 0.3) is 11.0 Å². The largest absolute Gasteiger partial charge is 0.492 e. The Morgan fingerprint density at radius 3 is 2.52 bits per heavy atom. The lowest BCUT2D eigenvalue weighted by Crippen LogP contribution is -2.13. The minimum atomic E-state index is -0.608. The van der Waals surface area contributed by atoms with Crippen molar-refractivity contribution in [3.63, 3.8) is 0 Å². The zero-order chi connectivity index (χ0) is 16.4. The summed E-state index contributed by atoms with van der Waals surface area (Å²) >= 11 is 0. The second-order valence-electron chi connectivity index (χ2n) is 5.96. The van der Waals surface area contributed by atoms with Gasteiger partial charge in [-0.25, -0.2) is 4.98 Å². The Labute approximate surface area is 136 Å². The number of hydrogen-bond donors (Lipinski definition) is 1. The van der Waals surface area contributed by atoms with E-state index in [4.69, 9.17) is 4.74 Å². The highest BCUT2D eigenvalue weighted by Gasteiger charge is 2.14. The van der Waals surface area contributed by atoms with Crippen molar-refractivity contribution in [3.8, 4) is 5.75 Å². The molecule has 0 amide bonds. The summed E-state index contributed by atoms with van der Waals surface area (Å²) in [7, 11) is 0. The monoisotopic (exact) mass is 310 g/mol. The van der Waals surface area contributed by atoms with Gasteiger partial charge in [-0.2, -0.15) is 0 Å². The molecule has 0 radical (unpaired) electrons. The van der Waals surface area contributed by atoms with Gasteiger partial charge < -0.3 is 14.4 Å². The predicted molar refractivity (Wildman–Crippen MR) is 91.8 cm³/mol. The van der Waals surface area contributed by atoms with Crippen LogP contribution in [0.5, 0.6) is 5.75 Å². The van der Waals surface area contributed by atoms with Crippen molar-refractivity contribution in [2.75, 3.05) is 6.61 Å². The molecule has 120 valence electrons. The van der Waals surface area contributed by atoms with Crippen LogP contribution in [-0.4, -0.2) is 21.3 Å². The van der Waals surface area contributed by atoms with Crippen LogP contribution in [-0.2, 0) is 6.54 Å². The Bertz CT molecular complexity index is 801. The van der Waals surface area contributed by atoms with E-state index in [1.807, 2.05) is 41.0 Å². The van der Waals surface area contributed by atoms with Crippen LogP contribution < -0.4 is 4.74 Å². The van der Waals surface area contributed by atoms with Gasteiger partial charge in [0.25, 0.3) is 0 Å². The number of rotatable bonds is 5. The van der Waals surface area contributed by atoms with Crippen molar-refractivity contribution >= 4 is 11.0 Å². The third kappa shape index (κ3) is 3.37. The molecule has 2 aromatic carbocycles. The highest BCUT2D eigenvalue weighted by molar-refractivity contribution is 5.76. The molecule has 4 heteroatoms. The van der Waals surface area contributed by atoms with Gasteiger partial charge in [-0.1, -0.05) is 18.2 Å². The minimum Gasteiger partial charge on any atom is -0.492 e. The van der Waals surface area contributed by atoms with Gasteiger partial charge >= 0.3 is 0 Å². The fourth-order valence-electron chi connectivity index (χ4n) is 2.92. The topological polar surface area (TPSA) is 47.3 Å². The molecule has 23 heavy (non-hydrogen) atoms. The van der Waals surface area contributed by atoms with Gasteiger partial charge in [0, 0.05) is 0 Å². The van der Waals surface area contributed by atoms with Gasteiger partial charge in [-0.05, 0) is 56.2 Å². The first-order valence-electron chi connectivity index (χ1n) is 7.89. The van der Waals surface area contributed by atoms with E-state index in [0.29, 0.717) is 19.0 Å². The maximum absolute atomic E-state index is 9.97. The van der Waals surface area contributed by atoms with Crippen LogP contribution >= 0.6 is 0 Å². The number of benzene rings is 2. The first-order valence-corrected chi connectivity index (χ1v) is 7.89. The van der Waals surface area contributed by atoms with Crippen molar-refractivity contribution in [1.29, 1.82) is 0 Å². The molecule has 4 nitrogen and oxygen atoms in total. The number of aliphatic hydroxyl groups excluding tert-OH is 1. The number of para-hydroxylation sites is 2. The molecule has 0 aliphatic carbocycles. The molecule has 1 aromatic heterocycles. The zero-order valence-electron chi connectivity index (χ0n) is 13.8. The summed E-state index contributed by atoms with van der Waals surface area (Å²) < 4.78 is 7.92. The molecule has 0 saturated carbocycles.